The predicted molar refractivity (Wildman–Crippen MR) is 111 cm³/mol. The lowest BCUT2D eigenvalue weighted by atomic mass is 10.0. The maximum absolute atomic E-state index is 6.51. The summed E-state index contributed by atoms with van der Waals surface area (Å²) < 4.78 is 1.96. The molecule has 27 heavy (non-hydrogen) atoms. The Hall–Kier alpha value is -2.40. The van der Waals surface area contributed by atoms with E-state index in [9.17, 15) is 0 Å². The van der Waals surface area contributed by atoms with Gasteiger partial charge < -0.3 is 5.73 Å². The van der Waals surface area contributed by atoms with Crippen LogP contribution in [0.3, 0.4) is 0 Å². The fourth-order valence-corrected chi connectivity index (χ4v) is 3.73. The summed E-state index contributed by atoms with van der Waals surface area (Å²) in [6.07, 6.45) is 1.98. The predicted octanol–water partition coefficient (Wildman–Crippen LogP) is 5.45. The third-order valence-corrected chi connectivity index (χ3v) is 5.20. The molecule has 2 aromatic heterocycles. The number of nitrogens with zero attached hydrogens (tertiary/aromatic N) is 3. The normalized spacial score (nSPS) is 11.3. The molecule has 4 rings (SSSR count). The van der Waals surface area contributed by atoms with E-state index in [4.69, 9.17) is 33.9 Å². The van der Waals surface area contributed by atoms with E-state index in [2.05, 4.69) is 36.2 Å². The van der Waals surface area contributed by atoms with Crippen molar-refractivity contribution < 1.29 is 0 Å². The van der Waals surface area contributed by atoms with Crippen molar-refractivity contribution in [3.8, 4) is 22.5 Å². The molecule has 0 atom stereocenters. The van der Waals surface area contributed by atoms with E-state index in [1.165, 1.54) is 5.56 Å². The molecule has 0 amide bonds. The van der Waals surface area contributed by atoms with Gasteiger partial charge in [0.2, 0.25) is 5.78 Å². The monoisotopic (exact) mass is 396 g/mol. The molecule has 0 unspecified atom stereocenters. The topological polar surface area (TPSA) is 56.2 Å². The Morgan fingerprint density at radius 3 is 2.41 bits per heavy atom. The Kier molecular flexibility index (Phi) is 4.64. The Labute approximate surface area is 167 Å². The van der Waals surface area contributed by atoms with Crippen molar-refractivity contribution in [3.63, 3.8) is 0 Å². The Morgan fingerprint density at radius 2 is 1.74 bits per heavy atom. The molecule has 0 saturated heterocycles. The number of rotatable bonds is 3. The van der Waals surface area contributed by atoms with Crippen LogP contribution in [-0.4, -0.2) is 14.4 Å². The average Bonchev–Trinajstić information content (AvgIpc) is 3.05. The van der Waals surface area contributed by atoms with Gasteiger partial charge in [-0.25, -0.2) is 9.97 Å². The molecule has 0 aliphatic rings. The SMILES string of the molecule is Cc1ccc(-c2cn3c(-c4ccc(Cl)cc4Cl)c(CN)c(C)nc3n2)cc1. The molecule has 0 fully saturated rings. The molecule has 2 N–H and O–H groups in total. The molecule has 4 aromatic rings. The number of hydrogen-bond donors (Lipinski definition) is 1. The number of hydrogen-bond acceptors (Lipinski definition) is 3. The van der Waals surface area contributed by atoms with Crippen LogP contribution < -0.4 is 5.73 Å². The number of halogens is 2. The Morgan fingerprint density at radius 1 is 1.00 bits per heavy atom. The van der Waals surface area contributed by atoms with Crippen molar-refractivity contribution in [2.75, 3.05) is 0 Å². The van der Waals surface area contributed by atoms with Crippen molar-refractivity contribution in [1.82, 2.24) is 14.4 Å². The average molecular weight is 397 g/mol. The second-order valence-electron chi connectivity index (χ2n) is 6.51. The highest BCUT2D eigenvalue weighted by Crippen LogP contribution is 2.34. The third kappa shape index (κ3) is 3.21. The summed E-state index contributed by atoms with van der Waals surface area (Å²) in [5, 5.41) is 1.15. The summed E-state index contributed by atoms with van der Waals surface area (Å²) in [6.45, 7) is 4.35. The lowest BCUT2D eigenvalue weighted by Crippen LogP contribution is -2.08. The van der Waals surface area contributed by atoms with Gasteiger partial charge in [-0.2, -0.15) is 0 Å². The quantitative estimate of drug-likeness (QED) is 0.501. The van der Waals surface area contributed by atoms with Crippen LogP contribution in [0.25, 0.3) is 28.3 Å². The molecule has 2 aromatic carbocycles. The van der Waals surface area contributed by atoms with Crippen molar-refractivity contribution in [2.24, 2.45) is 5.73 Å². The minimum Gasteiger partial charge on any atom is -0.326 e. The fraction of sp³-hybridized carbons (Fsp3) is 0.143. The molecule has 6 heteroatoms. The first-order valence-electron chi connectivity index (χ1n) is 8.59. The molecule has 4 nitrogen and oxygen atoms in total. The first-order valence-corrected chi connectivity index (χ1v) is 9.34. The highest BCUT2D eigenvalue weighted by atomic mass is 35.5. The van der Waals surface area contributed by atoms with Gasteiger partial charge in [0.1, 0.15) is 0 Å². The number of aryl methyl sites for hydroxylation is 2. The standard InChI is InChI=1S/C21H18Cl2N4/c1-12-3-5-14(6-4-12)19-11-27-20(16-8-7-15(22)9-18(16)23)17(10-24)13(2)25-21(27)26-19/h3-9,11H,10,24H2,1-2H3. The molecule has 0 saturated carbocycles. The van der Waals surface area contributed by atoms with E-state index in [1.54, 1.807) is 6.07 Å². The van der Waals surface area contributed by atoms with Gasteiger partial charge in [-0.15, -0.1) is 0 Å². The van der Waals surface area contributed by atoms with Crippen LogP contribution in [0.5, 0.6) is 0 Å². The maximum Gasteiger partial charge on any atom is 0.235 e. The van der Waals surface area contributed by atoms with Crippen LogP contribution in [0.4, 0.5) is 0 Å². The second kappa shape index (κ2) is 6.97. The van der Waals surface area contributed by atoms with Gasteiger partial charge in [-0.3, -0.25) is 4.40 Å². The summed E-state index contributed by atoms with van der Waals surface area (Å²) in [5.41, 5.74) is 12.7. The molecular weight excluding hydrogens is 379 g/mol. The lowest BCUT2D eigenvalue weighted by Gasteiger charge is -2.14. The van der Waals surface area contributed by atoms with Gasteiger partial charge >= 0.3 is 0 Å². The van der Waals surface area contributed by atoms with Crippen LogP contribution in [0.15, 0.2) is 48.7 Å². The first-order chi connectivity index (χ1) is 13.0. The molecule has 0 bridgehead atoms. The minimum atomic E-state index is 0.348. The van der Waals surface area contributed by atoms with Crippen molar-refractivity contribution in [3.05, 3.63) is 75.5 Å². The number of benzene rings is 2. The number of fused-ring (bicyclic) bond motifs is 1. The van der Waals surface area contributed by atoms with Crippen molar-refractivity contribution >= 4 is 29.0 Å². The minimum absolute atomic E-state index is 0.348. The number of imidazole rings is 1. The van der Waals surface area contributed by atoms with Gasteiger partial charge in [0, 0.05) is 40.1 Å². The molecule has 0 aliphatic heterocycles. The number of aromatic nitrogens is 3. The van der Waals surface area contributed by atoms with E-state index in [-0.39, 0.29) is 0 Å². The van der Waals surface area contributed by atoms with Crippen LogP contribution in [-0.2, 0) is 6.54 Å². The van der Waals surface area contributed by atoms with Gasteiger partial charge in [0.25, 0.3) is 0 Å². The lowest BCUT2D eigenvalue weighted by molar-refractivity contribution is 0.963. The van der Waals surface area contributed by atoms with Gasteiger partial charge in [-0.05, 0) is 32.0 Å². The molecular formula is C21H18Cl2N4. The highest BCUT2D eigenvalue weighted by Gasteiger charge is 2.18. The van der Waals surface area contributed by atoms with Gasteiger partial charge in [0.15, 0.2) is 0 Å². The van der Waals surface area contributed by atoms with E-state index < -0.39 is 0 Å². The Bertz CT molecular complexity index is 1150. The summed E-state index contributed by atoms with van der Waals surface area (Å²) in [4.78, 5) is 9.37. The second-order valence-corrected chi connectivity index (χ2v) is 7.36. The van der Waals surface area contributed by atoms with E-state index in [0.29, 0.717) is 22.4 Å². The third-order valence-electron chi connectivity index (χ3n) is 4.66. The summed E-state index contributed by atoms with van der Waals surface area (Å²) in [5.74, 6) is 0.612. The van der Waals surface area contributed by atoms with Gasteiger partial charge in [-0.1, -0.05) is 53.0 Å². The summed E-state index contributed by atoms with van der Waals surface area (Å²) >= 11 is 12.6. The zero-order valence-corrected chi connectivity index (χ0v) is 16.5. The molecule has 136 valence electrons. The van der Waals surface area contributed by atoms with Crippen LogP contribution >= 0.6 is 23.2 Å². The molecule has 0 radical (unpaired) electrons. The highest BCUT2D eigenvalue weighted by molar-refractivity contribution is 6.36. The van der Waals surface area contributed by atoms with E-state index in [1.807, 2.05) is 29.7 Å². The van der Waals surface area contributed by atoms with Crippen LogP contribution in [0, 0.1) is 13.8 Å². The number of nitrogens with two attached hydrogens (primary N) is 1. The molecule has 0 spiro atoms. The smallest absolute Gasteiger partial charge is 0.235 e. The zero-order valence-electron chi connectivity index (χ0n) is 15.0. The molecule has 0 aliphatic carbocycles. The fourth-order valence-electron chi connectivity index (χ4n) is 3.23. The Balaban J connectivity index is 2.02. The zero-order chi connectivity index (χ0) is 19.1. The first kappa shape index (κ1) is 18.0. The van der Waals surface area contributed by atoms with E-state index >= 15 is 0 Å². The van der Waals surface area contributed by atoms with E-state index in [0.717, 1.165) is 33.8 Å². The maximum atomic E-state index is 6.51. The van der Waals surface area contributed by atoms with Crippen LogP contribution in [0.2, 0.25) is 10.0 Å². The summed E-state index contributed by atoms with van der Waals surface area (Å²) in [7, 11) is 0. The largest absolute Gasteiger partial charge is 0.326 e. The summed E-state index contributed by atoms with van der Waals surface area (Å²) in [6, 6.07) is 13.7. The molecule has 2 heterocycles. The van der Waals surface area contributed by atoms with Crippen molar-refractivity contribution in [2.45, 2.75) is 20.4 Å². The van der Waals surface area contributed by atoms with Crippen LogP contribution in [0.1, 0.15) is 16.8 Å². The van der Waals surface area contributed by atoms with Crippen molar-refractivity contribution in [1.29, 1.82) is 0 Å². The van der Waals surface area contributed by atoms with Gasteiger partial charge in [0.05, 0.1) is 16.4 Å².